The second-order valence-electron chi connectivity index (χ2n) is 8.55. The topological polar surface area (TPSA) is 65.6 Å². The highest BCUT2D eigenvalue weighted by atomic mass is 35.5. The van der Waals surface area contributed by atoms with Crippen molar-refractivity contribution in [1.82, 2.24) is 9.13 Å². The lowest BCUT2D eigenvalue weighted by atomic mass is 9.95. The number of terminal acetylenes is 1. The van der Waals surface area contributed by atoms with Crippen LogP contribution in [0.1, 0.15) is 24.1 Å². The summed E-state index contributed by atoms with van der Waals surface area (Å²) in [7, 11) is 0. The third-order valence-corrected chi connectivity index (χ3v) is 7.38. The number of carbonyl (C=O) groups is 1. The van der Waals surface area contributed by atoms with Gasteiger partial charge in [0, 0.05) is 27.7 Å². The number of hydrogen-bond donors (Lipinski definition) is 0. The molecule has 0 spiro atoms. The predicted molar refractivity (Wildman–Crippen MR) is 143 cm³/mol. The maximum Gasteiger partial charge on any atom is 0.434 e. The molecule has 6 nitrogen and oxygen atoms in total. The fourth-order valence-electron chi connectivity index (χ4n) is 4.56. The van der Waals surface area contributed by atoms with Gasteiger partial charge in [0.25, 0.3) is 5.56 Å². The van der Waals surface area contributed by atoms with Crippen molar-refractivity contribution in [2.24, 2.45) is 4.99 Å². The summed E-state index contributed by atoms with van der Waals surface area (Å²) in [5.74, 6) is 1.37. The fraction of sp³-hybridized carbons (Fsp3) is 0.179. The van der Waals surface area contributed by atoms with Crippen molar-refractivity contribution in [2.45, 2.75) is 25.7 Å². The van der Waals surface area contributed by atoms with Crippen LogP contribution in [0.5, 0.6) is 0 Å². The molecule has 1 aliphatic heterocycles. The Morgan fingerprint density at radius 1 is 1.23 bits per heavy atom. The van der Waals surface area contributed by atoms with Crippen molar-refractivity contribution in [2.75, 3.05) is 6.61 Å². The number of ether oxygens (including phenoxy) is 1. The molecule has 0 bridgehead atoms. The highest BCUT2D eigenvalue weighted by Crippen LogP contribution is 2.38. The second-order valence-corrected chi connectivity index (χ2v) is 9.99. The first-order valence-electron chi connectivity index (χ1n) is 11.7. The highest BCUT2D eigenvalue weighted by Gasteiger charge is 2.45. The van der Waals surface area contributed by atoms with Gasteiger partial charge in [0.15, 0.2) is 10.5 Å². The number of aromatic nitrogens is 2. The minimum Gasteiger partial charge on any atom is -0.463 e. The number of esters is 1. The molecular formula is C28H19ClF3N3O3S. The van der Waals surface area contributed by atoms with Gasteiger partial charge in [-0.25, -0.2) is 9.79 Å². The number of thiazole rings is 1. The van der Waals surface area contributed by atoms with E-state index in [-0.39, 0.29) is 21.5 Å². The monoisotopic (exact) mass is 569 g/mol. The van der Waals surface area contributed by atoms with Crippen molar-refractivity contribution in [3.05, 3.63) is 102 Å². The number of rotatable bonds is 5. The van der Waals surface area contributed by atoms with Gasteiger partial charge in [0.05, 0.1) is 29.3 Å². The molecule has 1 aliphatic rings. The number of benzene rings is 2. The molecule has 2 aromatic carbocycles. The molecule has 5 rings (SSSR count). The molecule has 0 radical (unpaired) electrons. The van der Waals surface area contributed by atoms with Crippen molar-refractivity contribution in [1.29, 1.82) is 0 Å². The summed E-state index contributed by atoms with van der Waals surface area (Å²) < 4.78 is 50.8. The number of allylic oxidation sites excluding steroid dienone is 1. The van der Waals surface area contributed by atoms with Gasteiger partial charge in [0.1, 0.15) is 0 Å². The maximum absolute atomic E-state index is 14.3. The van der Waals surface area contributed by atoms with E-state index < -0.39 is 35.0 Å². The zero-order valence-corrected chi connectivity index (χ0v) is 21.9. The molecule has 0 aliphatic carbocycles. The Hall–Kier alpha value is -4.07. The summed E-state index contributed by atoms with van der Waals surface area (Å²) in [6.45, 7) is 1.62. The van der Waals surface area contributed by atoms with Crippen LogP contribution in [0.25, 0.3) is 17.0 Å². The van der Waals surface area contributed by atoms with E-state index >= 15 is 0 Å². The number of nitrogens with zero attached hydrogens (tertiary/aromatic N) is 3. The quantitative estimate of drug-likeness (QED) is 0.261. The average Bonchev–Trinajstić information content (AvgIpc) is 3.40. The van der Waals surface area contributed by atoms with Crippen LogP contribution in [0.3, 0.4) is 0 Å². The van der Waals surface area contributed by atoms with Crippen LogP contribution in [0.2, 0.25) is 5.02 Å². The van der Waals surface area contributed by atoms with Crippen LogP contribution in [0.15, 0.2) is 75.8 Å². The number of halogens is 4. The van der Waals surface area contributed by atoms with Gasteiger partial charge in [-0.05, 0) is 36.8 Å². The van der Waals surface area contributed by atoms with Crippen molar-refractivity contribution in [3.8, 4) is 12.3 Å². The summed E-state index contributed by atoms with van der Waals surface area (Å²) in [6.07, 6.45) is 3.90. The number of hydrogen-bond acceptors (Lipinski definition) is 5. The second kappa shape index (κ2) is 10.2. The molecule has 3 heterocycles. The SMILES string of the molecule is C#CCn1cc(/C=c2\sc3n(c2=O)[C@H](c2ccc(Cl)cc2)C(C(=O)OCC)=C(C(F)(F)F)N=3)c2ccccc21. The normalized spacial score (nSPS) is 15.7. The van der Waals surface area contributed by atoms with Gasteiger partial charge < -0.3 is 9.30 Å². The molecule has 0 saturated heterocycles. The van der Waals surface area contributed by atoms with Crippen LogP contribution >= 0.6 is 22.9 Å². The van der Waals surface area contributed by atoms with E-state index in [1.807, 2.05) is 28.8 Å². The molecule has 4 aromatic rings. The van der Waals surface area contributed by atoms with Gasteiger partial charge in [-0.3, -0.25) is 9.36 Å². The average molecular weight is 570 g/mol. The van der Waals surface area contributed by atoms with Gasteiger partial charge in [-0.15, -0.1) is 6.42 Å². The first-order chi connectivity index (χ1) is 18.6. The molecular weight excluding hydrogens is 551 g/mol. The Balaban J connectivity index is 1.81. The fourth-order valence-corrected chi connectivity index (χ4v) is 5.68. The molecule has 0 fully saturated rings. The van der Waals surface area contributed by atoms with Crippen molar-refractivity contribution in [3.63, 3.8) is 0 Å². The summed E-state index contributed by atoms with van der Waals surface area (Å²) in [5.41, 5.74) is -1.02. The number of para-hydroxylation sites is 1. The van der Waals surface area contributed by atoms with E-state index in [0.29, 0.717) is 17.1 Å². The van der Waals surface area contributed by atoms with Crippen LogP contribution in [0, 0.1) is 12.3 Å². The summed E-state index contributed by atoms with van der Waals surface area (Å²) in [6, 6.07) is 11.9. The first kappa shape index (κ1) is 26.5. The van der Waals surface area contributed by atoms with E-state index in [0.717, 1.165) is 26.8 Å². The highest BCUT2D eigenvalue weighted by molar-refractivity contribution is 7.07. The largest absolute Gasteiger partial charge is 0.463 e. The Morgan fingerprint density at radius 3 is 2.62 bits per heavy atom. The summed E-state index contributed by atoms with van der Waals surface area (Å²) >= 11 is 6.81. The van der Waals surface area contributed by atoms with E-state index in [2.05, 4.69) is 10.9 Å². The van der Waals surface area contributed by atoms with Gasteiger partial charge >= 0.3 is 12.1 Å². The predicted octanol–water partition coefficient (Wildman–Crippen LogP) is 4.58. The molecule has 39 heavy (non-hydrogen) atoms. The maximum atomic E-state index is 14.3. The Kier molecular flexibility index (Phi) is 6.97. The van der Waals surface area contributed by atoms with Crippen molar-refractivity contribution < 1.29 is 22.7 Å². The van der Waals surface area contributed by atoms with E-state index in [1.54, 1.807) is 12.3 Å². The lowest BCUT2D eigenvalue weighted by Gasteiger charge is -2.26. The van der Waals surface area contributed by atoms with Crippen LogP contribution in [-0.2, 0) is 16.1 Å². The zero-order valence-electron chi connectivity index (χ0n) is 20.3. The molecule has 0 N–H and O–H groups in total. The lowest BCUT2D eigenvalue weighted by molar-refractivity contribution is -0.140. The van der Waals surface area contributed by atoms with Gasteiger partial charge in [-0.2, -0.15) is 13.2 Å². The van der Waals surface area contributed by atoms with Crippen LogP contribution in [0.4, 0.5) is 13.2 Å². The van der Waals surface area contributed by atoms with Crippen LogP contribution in [-0.4, -0.2) is 27.9 Å². The van der Waals surface area contributed by atoms with E-state index in [9.17, 15) is 22.8 Å². The Morgan fingerprint density at radius 2 is 1.95 bits per heavy atom. The third-order valence-electron chi connectivity index (χ3n) is 6.15. The van der Waals surface area contributed by atoms with Gasteiger partial charge in [-0.1, -0.05) is 59.2 Å². The molecule has 1 atom stereocenters. The number of fused-ring (bicyclic) bond motifs is 2. The molecule has 2 aromatic heterocycles. The molecule has 0 saturated carbocycles. The summed E-state index contributed by atoms with van der Waals surface area (Å²) in [5, 5.41) is 1.16. The minimum absolute atomic E-state index is 0.142. The minimum atomic E-state index is -4.98. The van der Waals surface area contributed by atoms with E-state index in [1.165, 1.54) is 31.2 Å². The standard InChI is InChI=1S/C28H19ClF3N3O3S/c1-3-13-34-15-17(19-7-5-6-8-20(19)34)14-21-25(36)35-23(16-9-11-18(29)12-10-16)22(26(37)38-4-2)24(28(30,31)32)33-27(35)39-21/h1,5-12,14-15,23H,4,13H2,2H3/b21-14-/t23-/m1/s1. The lowest BCUT2D eigenvalue weighted by Crippen LogP contribution is -2.41. The molecule has 11 heteroatoms. The molecule has 198 valence electrons. The zero-order chi connectivity index (χ0) is 27.9. The van der Waals surface area contributed by atoms with E-state index in [4.69, 9.17) is 22.8 Å². The number of alkyl halides is 3. The first-order valence-corrected chi connectivity index (χ1v) is 12.9. The Labute approximate surface area is 228 Å². The summed E-state index contributed by atoms with van der Waals surface area (Å²) in [4.78, 5) is 30.3. The smallest absolute Gasteiger partial charge is 0.434 e. The molecule has 0 amide bonds. The van der Waals surface area contributed by atoms with Gasteiger partial charge in [0.2, 0.25) is 0 Å². The number of carbonyl (C=O) groups excluding carboxylic acids is 1. The third kappa shape index (κ3) is 4.80. The molecule has 0 unspecified atom stereocenters. The Bertz CT molecular complexity index is 1860. The van der Waals surface area contributed by atoms with Crippen LogP contribution < -0.4 is 14.9 Å². The van der Waals surface area contributed by atoms with Crippen molar-refractivity contribution >= 4 is 45.9 Å².